The predicted octanol–water partition coefficient (Wildman–Crippen LogP) is 25.4. The zero-order valence-electron chi connectivity index (χ0n) is 57.6. The van der Waals surface area contributed by atoms with Crippen molar-refractivity contribution in [2.75, 3.05) is 13.2 Å². The van der Waals surface area contributed by atoms with Crippen LogP contribution in [0.25, 0.3) is 0 Å². The Morgan fingerprint density at radius 3 is 0.894 bits per heavy atom. The van der Waals surface area contributed by atoms with Gasteiger partial charge in [-0.3, -0.25) is 9.59 Å². The minimum Gasteiger partial charge on any atom is -0.466 e. The van der Waals surface area contributed by atoms with Gasteiger partial charge in [-0.2, -0.15) is 0 Å². The molecule has 0 aliphatic rings. The van der Waals surface area contributed by atoms with Crippen LogP contribution in [-0.4, -0.2) is 47.4 Å². The molecular formula is C79H151NO5. The van der Waals surface area contributed by atoms with E-state index in [0.717, 1.165) is 44.9 Å². The van der Waals surface area contributed by atoms with Gasteiger partial charge in [-0.05, 0) is 64.2 Å². The van der Waals surface area contributed by atoms with Gasteiger partial charge in [0, 0.05) is 12.8 Å². The van der Waals surface area contributed by atoms with Gasteiger partial charge in [0.1, 0.15) is 0 Å². The molecule has 0 aliphatic heterocycles. The number of carbonyl (C=O) groups excluding carboxylic acids is 2. The van der Waals surface area contributed by atoms with Crippen molar-refractivity contribution in [1.82, 2.24) is 5.32 Å². The van der Waals surface area contributed by atoms with E-state index in [4.69, 9.17) is 4.74 Å². The maximum atomic E-state index is 12.5. The highest BCUT2D eigenvalue weighted by Gasteiger charge is 2.18. The number of rotatable bonds is 73. The van der Waals surface area contributed by atoms with Crippen molar-refractivity contribution in [1.29, 1.82) is 0 Å². The summed E-state index contributed by atoms with van der Waals surface area (Å²) in [6, 6.07) is -0.635. The fraction of sp³-hybridized carbons (Fsp3) is 0.899. The van der Waals surface area contributed by atoms with Crippen LogP contribution >= 0.6 is 0 Å². The third kappa shape index (κ3) is 71.0. The summed E-state index contributed by atoms with van der Waals surface area (Å²) >= 11 is 0. The van der Waals surface area contributed by atoms with E-state index in [0.29, 0.717) is 19.4 Å². The molecule has 0 saturated heterocycles. The number of hydrogen-bond acceptors (Lipinski definition) is 5. The molecule has 0 heterocycles. The van der Waals surface area contributed by atoms with Gasteiger partial charge in [0.25, 0.3) is 0 Å². The molecule has 0 aliphatic carbocycles. The molecule has 0 rings (SSSR count). The maximum absolute atomic E-state index is 12.5. The number of allylic oxidation sites excluding steroid dienone is 5. The minimum absolute atomic E-state index is 0.0138. The SMILES string of the molecule is CCCCCCCCCCCCCCCCCCCCCCCCC/C=C/C(O)C(CO)NC(=O)CCCCCCCCCCC/C=C\C/C=C\CCCCCCCCCCCOC(=O)CCCCCCCCCCCCCCCCCCCC. The standard InChI is InChI=1S/C79H151NO5/c1-3-5-7-9-11-13-15-17-19-21-23-24-25-27-30-33-36-39-43-47-51-55-59-63-67-71-77(82)76(75-81)80-78(83)72-68-64-60-56-52-48-44-40-37-34-31-28-26-29-32-35-38-42-46-50-54-58-62-66-70-74-85-79(84)73-69-65-61-57-53-49-45-41-22-20-18-16-14-12-10-8-6-4-2/h28-29,31-32,67,71,76-77,81-82H,3-27,30,33-66,68-70,72-75H2,1-2H3,(H,80,83)/b31-28-,32-29-,71-67+. The van der Waals surface area contributed by atoms with Crippen molar-refractivity contribution in [3.05, 3.63) is 36.5 Å². The number of carbonyl (C=O) groups is 2. The highest BCUT2D eigenvalue weighted by molar-refractivity contribution is 5.76. The van der Waals surface area contributed by atoms with E-state index in [1.54, 1.807) is 6.08 Å². The van der Waals surface area contributed by atoms with Crippen molar-refractivity contribution in [2.24, 2.45) is 0 Å². The molecule has 0 bridgehead atoms. The molecule has 0 aromatic rings. The number of amides is 1. The molecule has 6 heteroatoms. The second-order valence-electron chi connectivity index (χ2n) is 26.7. The first-order chi connectivity index (χ1) is 42.0. The summed E-state index contributed by atoms with van der Waals surface area (Å²) in [5.74, 6) is -0.0557. The second kappa shape index (κ2) is 74.5. The molecule has 502 valence electrons. The van der Waals surface area contributed by atoms with Crippen LogP contribution < -0.4 is 5.32 Å². The van der Waals surface area contributed by atoms with E-state index in [-0.39, 0.29) is 18.5 Å². The largest absolute Gasteiger partial charge is 0.466 e. The molecule has 2 unspecified atom stereocenters. The lowest BCUT2D eigenvalue weighted by molar-refractivity contribution is -0.143. The Morgan fingerprint density at radius 2 is 0.588 bits per heavy atom. The summed E-state index contributed by atoms with van der Waals surface area (Å²) in [7, 11) is 0. The van der Waals surface area contributed by atoms with Crippen molar-refractivity contribution in [2.45, 2.75) is 443 Å². The van der Waals surface area contributed by atoms with Crippen LogP contribution in [0.2, 0.25) is 0 Å². The molecule has 0 aromatic heterocycles. The van der Waals surface area contributed by atoms with Crippen LogP contribution in [0.15, 0.2) is 36.5 Å². The Labute approximate surface area is 532 Å². The van der Waals surface area contributed by atoms with Gasteiger partial charge < -0.3 is 20.3 Å². The molecule has 0 spiro atoms. The third-order valence-corrected chi connectivity index (χ3v) is 18.2. The number of hydrogen-bond donors (Lipinski definition) is 3. The molecule has 3 N–H and O–H groups in total. The fourth-order valence-electron chi connectivity index (χ4n) is 12.3. The average molecular weight is 1200 g/mol. The first-order valence-electron chi connectivity index (χ1n) is 38.8. The lowest BCUT2D eigenvalue weighted by Gasteiger charge is -2.20. The van der Waals surface area contributed by atoms with Crippen LogP contribution in [0.1, 0.15) is 431 Å². The molecular weight excluding hydrogens is 1040 g/mol. The lowest BCUT2D eigenvalue weighted by atomic mass is 10.0. The first kappa shape index (κ1) is 83.1. The van der Waals surface area contributed by atoms with Crippen molar-refractivity contribution >= 4 is 11.9 Å². The van der Waals surface area contributed by atoms with Gasteiger partial charge in [-0.25, -0.2) is 0 Å². The summed E-state index contributed by atoms with van der Waals surface area (Å²) in [5, 5.41) is 23.3. The van der Waals surface area contributed by atoms with E-state index in [1.807, 2.05) is 6.08 Å². The second-order valence-corrected chi connectivity index (χ2v) is 26.7. The highest BCUT2D eigenvalue weighted by Crippen LogP contribution is 2.19. The van der Waals surface area contributed by atoms with Gasteiger partial charge in [0.2, 0.25) is 5.91 Å². The van der Waals surface area contributed by atoms with E-state index >= 15 is 0 Å². The predicted molar refractivity (Wildman–Crippen MR) is 375 cm³/mol. The molecule has 0 saturated carbocycles. The quantitative estimate of drug-likeness (QED) is 0.0320. The van der Waals surface area contributed by atoms with Gasteiger partial charge in [0.05, 0.1) is 25.4 Å². The number of aliphatic hydroxyl groups is 2. The van der Waals surface area contributed by atoms with E-state index in [9.17, 15) is 19.8 Å². The fourth-order valence-corrected chi connectivity index (χ4v) is 12.3. The Bertz CT molecular complexity index is 1380. The number of nitrogens with one attached hydrogen (secondary N) is 1. The monoisotopic (exact) mass is 1190 g/mol. The Balaban J connectivity index is 3.44. The number of aliphatic hydroxyl groups excluding tert-OH is 2. The zero-order valence-corrected chi connectivity index (χ0v) is 57.6. The van der Waals surface area contributed by atoms with Crippen molar-refractivity contribution in [3.63, 3.8) is 0 Å². The Hall–Kier alpha value is -1.92. The molecule has 85 heavy (non-hydrogen) atoms. The lowest BCUT2D eigenvalue weighted by Crippen LogP contribution is -2.45. The summed E-state index contributed by atoms with van der Waals surface area (Å²) in [6.45, 7) is 4.95. The number of unbranched alkanes of at least 4 members (excludes halogenated alkanes) is 58. The third-order valence-electron chi connectivity index (χ3n) is 18.2. The van der Waals surface area contributed by atoms with Crippen LogP contribution in [0, 0.1) is 0 Å². The number of ether oxygens (including phenoxy) is 1. The topological polar surface area (TPSA) is 95.9 Å². The zero-order chi connectivity index (χ0) is 61.3. The van der Waals surface area contributed by atoms with Crippen LogP contribution in [0.4, 0.5) is 0 Å². The summed E-state index contributed by atoms with van der Waals surface area (Å²) in [6.07, 6.45) is 96.8. The molecule has 2 atom stereocenters. The smallest absolute Gasteiger partial charge is 0.305 e. The van der Waals surface area contributed by atoms with E-state index < -0.39 is 12.1 Å². The van der Waals surface area contributed by atoms with Gasteiger partial charge >= 0.3 is 5.97 Å². The summed E-state index contributed by atoms with van der Waals surface area (Å²) < 4.78 is 5.51. The van der Waals surface area contributed by atoms with Crippen LogP contribution in [0.3, 0.4) is 0 Å². The average Bonchev–Trinajstić information content (AvgIpc) is 3.51. The van der Waals surface area contributed by atoms with Crippen molar-refractivity contribution in [3.8, 4) is 0 Å². The maximum Gasteiger partial charge on any atom is 0.305 e. The summed E-state index contributed by atoms with van der Waals surface area (Å²) in [4.78, 5) is 24.7. The molecule has 0 radical (unpaired) electrons. The molecule has 6 nitrogen and oxygen atoms in total. The van der Waals surface area contributed by atoms with Gasteiger partial charge in [-0.1, -0.05) is 391 Å². The highest BCUT2D eigenvalue weighted by atomic mass is 16.5. The van der Waals surface area contributed by atoms with Gasteiger partial charge in [-0.15, -0.1) is 0 Å². The normalized spacial score (nSPS) is 12.7. The van der Waals surface area contributed by atoms with Crippen LogP contribution in [-0.2, 0) is 14.3 Å². The molecule has 1 amide bonds. The Kier molecular flexibility index (Phi) is 72.9. The Morgan fingerprint density at radius 1 is 0.329 bits per heavy atom. The summed E-state index contributed by atoms with van der Waals surface area (Å²) in [5.41, 5.74) is 0. The van der Waals surface area contributed by atoms with E-state index in [1.165, 1.54) is 360 Å². The first-order valence-corrected chi connectivity index (χ1v) is 38.8. The van der Waals surface area contributed by atoms with Gasteiger partial charge in [0.15, 0.2) is 0 Å². The van der Waals surface area contributed by atoms with E-state index in [2.05, 4.69) is 43.5 Å². The van der Waals surface area contributed by atoms with Crippen molar-refractivity contribution < 1.29 is 24.5 Å². The van der Waals surface area contributed by atoms with Crippen LogP contribution in [0.5, 0.6) is 0 Å². The molecule has 0 fully saturated rings. The molecule has 0 aromatic carbocycles. The number of esters is 1. The minimum atomic E-state index is -0.851.